The summed E-state index contributed by atoms with van der Waals surface area (Å²) in [6.07, 6.45) is 8.86. The summed E-state index contributed by atoms with van der Waals surface area (Å²) in [5, 5.41) is 0.855. The van der Waals surface area contributed by atoms with Crippen LogP contribution in [0.2, 0.25) is 0 Å². The smallest absolute Gasteiger partial charge is 0.159 e. The van der Waals surface area contributed by atoms with Gasteiger partial charge in [-0.1, -0.05) is 64.5 Å². The predicted molar refractivity (Wildman–Crippen MR) is 107 cm³/mol. The average Bonchev–Trinajstić information content (AvgIpc) is 2.75. The van der Waals surface area contributed by atoms with E-state index in [2.05, 4.69) is 60.1 Å². The minimum absolute atomic E-state index is 0.710. The fraction of sp³-hybridized carbons (Fsp3) is 0.0476. The van der Waals surface area contributed by atoms with Crippen LogP contribution in [0.15, 0.2) is 79.6 Å². The summed E-state index contributed by atoms with van der Waals surface area (Å²) in [7, 11) is 0. The van der Waals surface area contributed by atoms with Crippen molar-refractivity contribution in [2.75, 3.05) is 0 Å². The molecule has 0 aliphatic heterocycles. The Labute approximate surface area is 160 Å². The average molecular weight is 403 g/mol. The van der Waals surface area contributed by atoms with E-state index in [0.29, 0.717) is 5.82 Å². The van der Waals surface area contributed by atoms with Crippen molar-refractivity contribution in [1.29, 1.82) is 0 Å². The van der Waals surface area contributed by atoms with E-state index in [1.165, 1.54) is 11.9 Å². The van der Waals surface area contributed by atoms with E-state index in [1.54, 1.807) is 12.4 Å². The van der Waals surface area contributed by atoms with Crippen LogP contribution < -0.4 is 0 Å². The molecule has 0 bridgehead atoms. The minimum Gasteiger partial charge on any atom is -0.244 e. The van der Waals surface area contributed by atoms with Gasteiger partial charge in [-0.15, -0.1) is 0 Å². The molecular formula is C21H15BrN4. The molecule has 0 saturated heterocycles. The fourth-order valence-electron chi connectivity index (χ4n) is 2.67. The van der Waals surface area contributed by atoms with Crippen molar-refractivity contribution in [1.82, 2.24) is 19.9 Å². The maximum absolute atomic E-state index is 4.53. The molecule has 126 valence electrons. The molecule has 5 heteroatoms. The monoisotopic (exact) mass is 402 g/mol. The maximum atomic E-state index is 4.53. The lowest BCUT2D eigenvalue weighted by Crippen LogP contribution is -1.90. The van der Waals surface area contributed by atoms with Crippen LogP contribution in [0.3, 0.4) is 0 Å². The first-order valence-corrected chi connectivity index (χ1v) is 9.29. The van der Waals surface area contributed by atoms with Gasteiger partial charge < -0.3 is 0 Å². The van der Waals surface area contributed by atoms with Crippen LogP contribution in [0.1, 0.15) is 5.56 Å². The van der Waals surface area contributed by atoms with E-state index in [4.69, 9.17) is 0 Å². The second-order valence-corrected chi connectivity index (χ2v) is 6.39. The van der Waals surface area contributed by atoms with E-state index in [0.717, 1.165) is 33.1 Å². The first kappa shape index (κ1) is 16.5. The second-order valence-electron chi connectivity index (χ2n) is 5.83. The molecule has 2 aromatic carbocycles. The lowest BCUT2D eigenvalue weighted by atomic mass is 10.1. The molecular weight excluding hydrogens is 388 g/mol. The van der Waals surface area contributed by atoms with Crippen LogP contribution >= 0.6 is 15.9 Å². The third-order valence-electron chi connectivity index (χ3n) is 4.13. The van der Waals surface area contributed by atoms with Gasteiger partial charge in [0.05, 0.1) is 0 Å². The van der Waals surface area contributed by atoms with Crippen LogP contribution in [-0.2, 0) is 5.33 Å². The summed E-state index contributed by atoms with van der Waals surface area (Å²) in [4.78, 5) is 17.2. The Hall–Kier alpha value is -2.92. The van der Waals surface area contributed by atoms with Gasteiger partial charge in [0.15, 0.2) is 5.82 Å². The van der Waals surface area contributed by atoms with E-state index in [1.807, 2.05) is 36.7 Å². The van der Waals surface area contributed by atoms with Gasteiger partial charge in [0, 0.05) is 46.8 Å². The second kappa shape index (κ2) is 7.54. The standard InChI is InChI=1S/C21H15BrN4/c22-9-15-1-3-16(4-2-15)20-12-25-21(26-13-20)18-7-5-17(6-8-18)19-10-23-14-24-11-19/h1-8,10-14H,9H2. The molecule has 0 saturated carbocycles. The highest BCUT2D eigenvalue weighted by molar-refractivity contribution is 9.08. The Morgan fingerprint density at radius 2 is 1.08 bits per heavy atom. The van der Waals surface area contributed by atoms with Crippen molar-refractivity contribution in [3.05, 3.63) is 85.2 Å². The van der Waals surface area contributed by atoms with Crippen molar-refractivity contribution < 1.29 is 0 Å². The summed E-state index contributed by atoms with van der Waals surface area (Å²) in [5.41, 5.74) is 6.40. The first-order valence-electron chi connectivity index (χ1n) is 8.16. The molecule has 2 aromatic heterocycles. The van der Waals surface area contributed by atoms with Crippen molar-refractivity contribution in [3.8, 4) is 33.6 Å². The van der Waals surface area contributed by atoms with Crippen molar-refractivity contribution in [3.63, 3.8) is 0 Å². The van der Waals surface area contributed by atoms with Gasteiger partial charge in [-0.3, -0.25) is 0 Å². The molecule has 0 fully saturated rings. The van der Waals surface area contributed by atoms with Gasteiger partial charge in [-0.2, -0.15) is 0 Å². The number of halogens is 1. The number of benzene rings is 2. The molecule has 0 aliphatic carbocycles. The van der Waals surface area contributed by atoms with Crippen LogP contribution in [0, 0.1) is 0 Å². The lowest BCUT2D eigenvalue weighted by molar-refractivity contribution is 1.17. The van der Waals surface area contributed by atoms with Crippen molar-refractivity contribution in [2.45, 2.75) is 5.33 Å². The summed E-state index contributed by atoms with van der Waals surface area (Å²) in [6.45, 7) is 0. The lowest BCUT2D eigenvalue weighted by Gasteiger charge is -2.05. The Morgan fingerprint density at radius 3 is 1.65 bits per heavy atom. The van der Waals surface area contributed by atoms with E-state index >= 15 is 0 Å². The Kier molecular flexibility index (Phi) is 4.80. The van der Waals surface area contributed by atoms with E-state index < -0.39 is 0 Å². The highest BCUT2D eigenvalue weighted by Gasteiger charge is 2.05. The minimum atomic E-state index is 0.710. The topological polar surface area (TPSA) is 51.6 Å². The molecule has 0 spiro atoms. The van der Waals surface area contributed by atoms with Gasteiger partial charge >= 0.3 is 0 Å². The van der Waals surface area contributed by atoms with Gasteiger partial charge in [0.25, 0.3) is 0 Å². The summed E-state index contributed by atoms with van der Waals surface area (Å²) in [5.74, 6) is 0.710. The zero-order valence-electron chi connectivity index (χ0n) is 13.9. The summed E-state index contributed by atoms with van der Waals surface area (Å²) in [6, 6.07) is 16.5. The highest BCUT2D eigenvalue weighted by Crippen LogP contribution is 2.24. The molecule has 0 radical (unpaired) electrons. The summed E-state index contributed by atoms with van der Waals surface area (Å²) >= 11 is 3.46. The first-order chi connectivity index (χ1) is 12.8. The Bertz CT molecular complexity index is 983. The molecule has 2 heterocycles. The van der Waals surface area contributed by atoms with Crippen molar-refractivity contribution in [2.24, 2.45) is 0 Å². The van der Waals surface area contributed by atoms with Crippen LogP contribution in [0.4, 0.5) is 0 Å². The molecule has 4 rings (SSSR count). The van der Waals surface area contributed by atoms with Gasteiger partial charge in [0.1, 0.15) is 6.33 Å². The molecule has 0 amide bonds. The molecule has 4 aromatic rings. The fourth-order valence-corrected chi connectivity index (χ4v) is 3.05. The largest absolute Gasteiger partial charge is 0.244 e. The molecule has 0 aliphatic rings. The highest BCUT2D eigenvalue weighted by atomic mass is 79.9. The Morgan fingerprint density at radius 1 is 0.577 bits per heavy atom. The van der Waals surface area contributed by atoms with Gasteiger partial charge in [-0.05, 0) is 16.7 Å². The Balaban J connectivity index is 1.56. The normalized spacial score (nSPS) is 10.7. The molecule has 0 N–H and O–H groups in total. The number of aromatic nitrogens is 4. The van der Waals surface area contributed by atoms with E-state index in [-0.39, 0.29) is 0 Å². The predicted octanol–water partition coefficient (Wildman–Crippen LogP) is 5.16. The molecule has 4 nitrogen and oxygen atoms in total. The third kappa shape index (κ3) is 3.53. The number of hydrogen-bond donors (Lipinski definition) is 0. The number of rotatable bonds is 4. The molecule has 0 unspecified atom stereocenters. The van der Waals surface area contributed by atoms with Crippen molar-refractivity contribution >= 4 is 15.9 Å². The number of nitrogens with zero attached hydrogens (tertiary/aromatic N) is 4. The van der Waals surface area contributed by atoms with Crippen LogP contribution in [0.25, 0.3) is 33.6 Å². The number of hydrogen-bond acceptors (Lipinski definition) is 4. The van der Waals surface area contributed by atoms with E-state index in [9.17, 15) is 0 Å². The maximum Gasteiger partial charge on any atom is 0.159 e. The summed E-state index contributed by atoms with van der Waals surface area (Å²) < 4.78 is 0. The SMILES string of the molecule is BrCc1ccc(-c2cnc(-c3ccc(-c4cncnc4)cc3)nc2)cc1. The van der Waals surface area contributed by atoms with Crippen LogP contribution in [-0.4, -0.2) is 19.9 Å². The molecule has 0 atom stereocenters. The molecule has 26 heavy (non-hydrogen) atoms. The van der Waals surface area contributed by atoms with Gasteiger partial charge in [-0.25, -0.2) is 19.9 Å². The number of alkyl halides is 1. The van der Waals surface area contributed by atoms with Crippen LogP contribution in [0.5, 0.6) is 0 Å². The zero-order valence-corrected chi connectivity index (χ0v) is 15.5. The third-order valence-corrected chi connectivity index (χ3v) is 4.78. The quantitative estimate of drug-likeness (QED) is 0.442. The van der Waals surface area contributed by atoms with Gasteiger partial charge in [0.2, 0.25) is 0 Å². The zero-order chi connectivity index (χ0) is 17.8.